The van der Waals surface area contributed by atoms with Crippen molar-refractivity contribution in [3.63, 3.8) is 0 Å². The van der Waals surface area contributed by atoms with Gasteiger partial charge in [-0.3, -0.25) is 0 Å². The van der Waals surface area contributed by atoms with Crippen molar-refractivity contribution in [2.45, 2.75) is 130 Å². The molecule has 0 aromatic rings. The summed E-state index contributed by atoms with van der Waals surface area (Å²) < 4.78 is 0. The summed E-state index contributed by atoms with van der Waals surface area (Å²) in [6, 6.07) is 0. The van der Waals surface area contributed by atoms with Crippen LogP contribution in [-0.4, -0.2) is 24.5 Å². The van der Waals surface area contributed by atoms with Crippen molar-refractivity contribution in [2.75, 3.05) is 19.6 Å². The molecule has 0 unspecified atom stereocenters. The smallest absolute Gasteiger partial charge is 0.00188 e. The quantitative estimate of drug-likeness (QED) is 0.253. The van der Waals surface area contributed by atoms with Crippen LogP contribution in [0.1, 0.15) is 130 Å². The molecule has 152 valence electrons. The van der Waals surface area contributed by atoms with E-state index < -0.39 is 0 Å². The number of hydrogen-bond donors (Lipinski definition) is 0. The van der Waals surface area contributed by atoms with Crippen molar-refractivity contribution in [3.8, 4) is 0 Å². The van der Waals surface area contributed by atoms with E-state index in [1.165, 1.54) is 122 Å². The maximum Gasteiger partial charge on any atom is -0.00188 e. The predicted molar refractivity (Wildman–Crippen MR) is 116 cm³/mol. The monoisotopic (exact) mass is 353 g/mol. The first kappa shape index (κ1) is 25.0. The van der Waals surface area contributed by atoms with Gasteiger partial charge in [-0.15, -0.1) is 0 Å². The van der Waals surface area contributed by atoms with Gasteiger partial charge in [0.2, 0.25) is 0 Å². The molecule has 1 heteroatoms. The zero-order valence-corrected chi connectivity index (χ0v) is 18.5. The maximum absolute atomic E-state index is 2.64. The molecule has 0 aromatic carbocycles. The van der Waals surface area contributed by atoms with Crippen molar-refractivity contribution in [1.82, 2.24) is 4.90 Å². The second-order valence-electron chi connectivity index (χ2n) is 8.26. The van der Waals surface area contributed by atoms with Crippen LogP contribution in [0.4, 0.5) is 0 Å². The molecule has 0 N–H and O–H groups in total. The third-order valence-electron chi connectivity index (χ3n) is 5.67. The Labute approximate surface area is 161 Å². The van der Waals surface area contributed by atoms with Gasteiger partial charge in [0.1, 0.15) is 0 Å². The zero-order valence-electron chi connectivity index (χ0n) is 18.5. The molecule has 1 rings (SSSR count). The predicted octanol–water partition coefficient (Wildman–Crippen LogP) is 8.23. The second kappa shape index (κ2) is 20.3. The van der Waals surface area contributed by atoms with E-state index >= 15 is 0 Å². The van der Waals surface area contributed by atoms with E-state index in [-0.39, 0.29) is 0 Å². The largest absolute Gasteiger partial charge is 0.303 e. The average Bonchev–Trinajstić information content (AvgIpc) is 2.59. The van der Waals surface area contributed by atoms with Crippen molar-refractivity contribution in [3.05, 3.63) is 0 Å². The van der Waals surface area contributed by atoms with Crippen LogP contribution in [0.2, 0.25) is 0 Å². The standard InChI is InChI=1S/C12H27N.C12H24/c1-4-7-10-13(11-8-5-2)12-9-6-3;1-2-3-4-5-6-7-9-12-10-8-11-12/h4-12H2,1-3H3;12H,2-11H2,1H3. The molecule has 1 aliphatic rings. The molecule has 1 fully saturated rings. The number of unbranched alkanes of at least 4 members (excludes halogenated alkanes) is 8. The van der Waals surface area contributed by atoms with Crippen LogP contribution in [0.25, 0.3) is 0 Å². The van der Waals surface area contributed by atoms with Gasteiger partial charge in [-0.1, -0.05) is 111 Å². The molecule has 1 nitrogen and oxygen atoms in total. The molecule has 0 bridgehead atoms. The van der Waals surface area contributed by atoms with E-state index in [1.807, 2.05) is 0 Å². The summed E-state index contributed by atoms with van der Waals surface area (Å²) in [6.07, 6.45) is 23.0. The zero-order chi connectivity index (χ0) is 18.6. The Balaban J connectivity index is 0.000000462. The number of nitrogens with zero attached hydrogens (tertiary/aromatic N) is 1. The lowest BCUT2D eigenvalue weighted by Gasteiger charge is -2.24. The number of rotatable bonds is 16. The van der Waals surface area contributed by atoms with E-state index in [2.05, 4.69) is 32.6 Å². The van der Waals surface area contributed by atoms with Crippen LogP contribution < -0.4 is 0 Å². The molecule has 0 atom stereocenters. The summed E-state index contributed by atoms with van der Waals surface area (Å²) >= 11 is 0. The molecule has 0 saturated heterocycles. The highest BCUT2D eigenvalue weighted by molar-refractivity contribution is 4.69. The Kier molecular flexibility index (Phi) is 20.2. The Hall–Kier alpha value is -0.0400. The summed E-state index contributed by atoms with van der Waals surface area (Å²) in [5.74, 6) is 1.14. The van der Waals surface area contributed by atoms with Gasteiger partial charge in [0, 0.05) is 0 Å². The van der Waals surface area contributed by atoms with Gasteiger partial charge in [0.25, 0.3) is 0 Å². The first-order chi connectivity index (χ1) is 12.3. The van der Waals surface area contributed by atoms with Crippen LogP contribution >= 0.6 is 0 Å². The van der Waals surface area contributed by atoms with Gasteiger partial charge in [0.15, 0.2) is 0 Å². The van der Waals surface area contributed by atoms with E-state index in [0.717, 1.165) is 5.92 Å². The van der Waals surface area contributed by atoms with Gasteiger partial charge >= 0.3 is 0 Å². The van der Waals surface area contributed by atoms with E-state index in [9.17, 15) is 0 Å². The van der Waals surface area contributed by atoms with Gasteiger partial charge in [-0.25, -0.2) is 0 Å². The summed E-state index contributed by atoms with van der Waals surface area (Å²) in [4.78, 5) is 2.64. The molecule has 1 saturated carbocycles. The number of hydrogen-bond acceptors (Lipinski definition) is 1. The van der Waals surface area contributed by atoms with Gasteiger partial charge < -0.3 is 4.90 Å². The average molecular weight is 354 g/mol. The fourth-order valence-electron chi connectivity index (χ4n) is 3.48. The second-order valence-corrected chi connectivity index (χ2v) is 8.26. The lowest BCUT2D eigenvalue weighted by atomic mass is 9.81. The van der Waals surface area contributed by atoms with Gasteiger partial charge in [-0.05, 0) is 44.8 Å². The SMILES string of the molecule is CCCCCCCCC1CCC1.CCCCN(CCCC)CCCC. The van der Waals surface area contributed by atoms with E-state index in [4.69, 9.17) is 0 Å². The van der Waals surface area contributed by atoms with Crippen LogP contribution in [-0.2, 0) is 0 Å². The normalized spacial score (nSPS) is 14.3. The molecule has 0 amide bonds. The minimum atomic E-state index is 1.14. The molecule has 0 aromatic heterocycles. The summed E-state index contributed by atoms with van der Waals surface area (Å²) in [6.45, 7) is 13.1. The molecular weight excluding hydrogens is 302 g/mol. The molecule has 1 aliphatic carbocycles. The molecule has 0 radical (unpaired) electrons. The van der Waals surface area contributed by atoms with Crippen molar-refractivity contribution in [1.29, 1.82) is 0 Å². The highest BCUT2D eigenvalue weighted by atomic mass is 15.1. The minimum Gasteiger partial charge on any atom is -0.303 e. The Bertz CT molecular complexity index is 215. The fourth-order valence-corrected chi connectivity index (χ4v) is 3.48. The summed E-state index contributed by atoms with van der Waals surface area (Å²) in [5.41, 5.74) is 0. The minimum absolute atomic E-state index is 1.14. The summed E-state index contributed by atoms with van der Waals surface area (Å²) in [7, 11) is 0. The molecule has 0 spiro atoms. The van der Waals surface area contributed by atoms with E-state index in [1.54, 1.807) is 0 Å². The Morgan fingerprint density at radius 3 is 1.40 bits per heavy atom. The fraction of sp³-hybridized carbons (Fsp3) is 1.00. The van der Waals surface area contributed by atoms with Crippen molar-refractivity contribution < 1.29 is 0 Å². The van der Waals surface area contributed by atoms with Crippen molar-refractivity contribution >= 4 is 0 Å². The van der Waals surface area contributed by atoms with E-state index in [0.29, 0.717) is 0 Å². The van der Waals surface area contributed by atoms with Gasteiger partial charge in [-0.2, -0.15) is 0 Å². The van der Waals surface area contributed by atoms with Crippen LogP contribution in [0.3, 0.4) is 0 Å². The third kappa shape index (κ3) is 17.1. The first-order valence-electron chi connectivity index (χ1n) is 12.0. The van der Waals surface area contributed by atoms with Crippen LogP contribution in [0.5, 0.6) is 0 Å². The highest BCUT2D eigenvalue weighted by Crippen LogP contribution is 2.31. The molecular formula is C24H51N. The van der Waals surface area contributed by atoms with Gasteiger partial charge in [0.05, 0.1) is 0 Å². The van der Waals surface area contributed by atoms with Crippen LogP contribution in [0.15, 0.2) is 0 Å². The lowest BCUT2D eigenvalue weighted by Crippen LogP contribution is -2.27. The molecule has 0 aliphatic heterocycles. The Morgan fingerprint density at radius 1 is 0.560 bits per heavy atom. The summed E-state index contributed by atoms with van der Waals surface area (Å²) in [5, 5.41) is 0. The van der Waals surface area contributed by atoms with Crippen molar-refractivity contribution in [2.24, 2.45) is 5.92 Å². The maximum atomic E-state index is 2.64. The Morgan fingerprint density at radius 2 is 1.00 bits per heavy atom. The third-order valence-corrected chi connectivity index (χ3v) is 5.67. The first-order valence-corrected chi connectivity index (χ1v) is 12.0. The topological polar surface area (TPSA) is 3.24 Å². The lowest BCUT2D eigenvalue weighted by molar-refractivity contribution is 0.261. The molecule has 0 heterocycles. The highest BCUT2D eigenvalue weighted by Gasteiger charge is 2.15. The molecule has 25 heavy (non-hydrogen) atoms. The van der Waals surface area contributed by atoms with Crippen LogP contribution in [0, 0.1) is 5.92 Å².